The van der Waals surface area contributed by atoms with Crippen LogP contribution in [0.1, 0.15) is 23.1 Å². The van der Waals surface area contributed by atoms with Gasteiger partial charge in [-0.15, -0.1) is 0 Å². The molecule has 1 aromatic rings. The molecule has 96 valence electrons. The van der Waals surface area contributed by atoms with E-state index in [0.717, 1.165) is 25.1 Å². The van der Waals surface area contributed by atoms with Crippen LogP contribution in [-0.2, 0) is 6.18 Å². The van der Waals surface area contributed by atoms with Crippen LogP contribution < -0.4 is 5.32 Å². The standard InChI is InChI=1S/C13H13F3N2/c1-18-7-3-2-4-10-5-6-12(13(14,15)16)8-11(10)9-17/h2,4-6,8,18H,3,7H2,1H3. The summed E-state index contributed by atoms with van der Waals surface area (Å²) < 4.78 is 37.4. The highest BCUT2D eigenvalue weighted by molar-refractivity contribution is 5.59. The summed E-state index contributed by atoms with van der Waals surface area (Å²) in [5.74, 6) is 0. The second-order valence-electron chi connectivity index (χ2n) is 3.71. The third kappa shape index (κ3) is 3.90. The fourth-order valence-corrected chi connectivity index (χ4v) is 1.41. The molecule has 0 aliphatic rings. The molecule has 0 aliphatic carbocycles. The van der Waals surface area contributed by atoms with E-state index in [2.05, 4.69) is 5.32 Å². The number of rotatable bonds is 4. The summed E-state index contributed by atoms with van der Waals surface area (Å²) in [7, 11) is 1.81. The van der Waals surface area contributed by atoms with Crippen molar-refractivity contribution in [2.45, 2.75) is 12.6 Å². The first-order valence-electron chi connectivity index (χ1n) is 5.41. The normalized spacial score (nSPS) is 11.7. The first kappa shape index (κ1) is 14.3. The van der Waals surface area contributed by atoms with Crippen LogP contribution in [-0.4, -0.2) is 13.6 Å². The number of hydrogen-bond acceptors (Lipinski definition) is 2. The van der Waals surface area contributed by atoms with E-state index >= 15 is 0 Å². The SMILES string of the molecule is CNCCC=Cc1ccc(C(F)(F)F)cc1C#N. The van der Waals surface area contributed by atoms with Gasteiger partial charge in [0, 0.05) is 0 Å². The van der Waals surface area contributed by atoms with Crippen LogP contribution in [0.5, 0.6) is 0 Å². The van der Waals surface area contributed by atoms with Crippen LogP contribution in [0, 0.1) is 11.3 Å². The van der Waals surface area contributed by atoms with Gasteiger partial charge < -0.3 is 5.32 Å². The molecule has 0 saturated carbocycles. The minimum absolute atomic E-state index is 0.0329. The largest absolute Gasteiger partial charge is 0.416 e. The van der Waals surface area contributed by atoms with Crippen molar-refractivity contribution in [2.75, 3.05) is 13.6 Å². The Kier molecular flexibility index (Phi) is 4.93. The number of alkyl halides is 3. The molecule has 1 aromatic carbocycles. The highest BCUT2D eigenvalue weighted by Gasteiger charge is 2.30. The van der Waals surface area contributed by atoms with Gasteiger partial charge in [-0.05, 0) is 37.7 Å². The van der Waals surface area contributed by atoms with E-state index in [1.807, 2.05) is 13.1 Å². The molecule has 1 N–H and O–H groups in total. The van der Waals surface area contributed by atoms with E-state index in [0.29, 0.717) is 5.56 Å². The number of nitriles is 1. The maximum atomic E-state index is 12.5. The van der Waals surface area contributed by atoms with Gasteiger partial charge in [0.15, 0.2) is 0 Å². The van der Waals surface area contributed by atoms with Crippen molar-refractivity contribution in [3.63, 3.8) is 0 Å². The Morgan fingerprint density at radius 2 is 2.11 bits per heavy atom. The molecular weight excluding hydrogens is 241 g/mol. The van der Waals surface area contributed by atoms with Crippen molar-refractivity contribution in [3.8, 4) is 6.07 Å². The van der Waals surface area contributed by atoms with Gasteiger partial charge >= 0.3 is 6.18 Å². The van der Waals surface area contributed by atoms with Gasteiger partial charge in [0.1, 0.15) is 0 Å². The van der Waals surface area contributed by atoms with Crippen molar-refractivity contribution in [3.05, 3.63) is 41.0 Å². The first-order chi connectivity index (χ1) is 8.49. The first-order valence-corrected chi connectivity index (χ1v) is 5.41. The Hall–Kier alpha value is -1.80. The summed E-state index contributed by atoms with van der Waals surface area (Å²) in [6.07, 6.45) is -0.182. The molecule has 5 heteroatoms. The lowest BCUT2D eigenvalue weighted by molar-refractivity contribution is -0.137. The Balaban J connectivity index is 2.95. The molecule has 0 unspecified atom stereocenters. The molecule has 2 nitrogen and oxygen atoms in total. The van der Waals surface area contributed by atoms with Crippen molar-refractivity contribution in [2.24, 2.45) is 0 Å². The summed E-state index contributed by atoms with van der Waals surface area (Å²) in [4.78, 5) is 0. The second-order valence-corrected chi connectivity index (χ2v) is 3.71. The van der Waals surface area contributed by atoms with Gasteiger partial charge in [-0.2, -0.15) is 18.4 Å². The van der Waals surface area contributed by atoms with E-state index in [1.54, 1.807) is 12.1 Å². The maximum Gasteiger partial charge on any atom is 0.416 e. The average molecular weight is 254 g/mol. The fourth-order valence-electron chi connectivity index (χ4n) is 1.41. The molecule has 0 heterocycles. The molecule has 0 saturated heterocycles. The molecule has 18 heavy (non-hydrogen) atoms. The molecule has 0 bridgehead atoms. The van der Waals surface area contributed by atoms with E-state index < -0.39 is 11.7 Å². The lowest BCUT2D eigenvalue weighted by Gasteiger charge is -2.07. The molecule has 0 spiro atoms. The number of halogens is 3. The molecule has 0 atom stereocenters. The number of benzene rings is 1. The van der Waals surface area contributed by atoms with Gasteiger partial charge in [0.2, 0.25) is 0 Å². The van der Waals surface area contributed by atoms with Crippen LogP contribution in [0.4, 0.5) is 13.2 Å². The van der Waals surface area contributed by atoms with Crippen LogP contribution >= 0.6 is 0 Å². The van der Waals surface area contributed by atoms with Crippen molar-refractivity contribution < 1.29 is 13.2 Å². The zero-order valence-electron chi connectivity index (χ0n) is 9.88. The van der Waals surface area contributed by atoms with Crippen molar-refractivity contribution in [1.82, 2.24) is 5.32 Å². The summed E-state index contributed by atoms with van der Waals surface area (Å²) in [5.41, 5.74) is -0.265. The number of hydrogen-bond donors (Lipinski definition) is 1. The van der Waals surface area contributed by atoms with Crippen molar-refractivity contribution >= 4 is 6.08 Å². The monoisotopic (exact) mass is 254 g/mol. The second kappa shape index (κ2) is 6.22. The minimum atomic E-state index is -4.42. The summed E-state index contributed by atoms with van der Waals surface area (Å²) in [5, 5.41) is 11.8. The third-order valence-corrected chi connectivity index (χ3v) is 2.36. The number of nitrogens with zero attached hydrogens (tertiary/aromatic N) is 1. The van der Waals surface area contributed by atoms with E-state index in [9.17, 15) is 13.2 Å². The summed E-state index contributed by atoms with van der Waals surface area (Å²) >= 11 is 0. The minimum Gasteiger partial charge on any atom is -0.319 e. The third-order valence-electron chi connectivity index (χ3n) is 2.36. The van der Waals surface area contributed by atoms with Gasteiger partial charge in [-0.3, -0.25) is 0 Å². The van der Waals surface area contributed by atoms with Crippen LogP contribution in [0.3, 0.4) is 0 Å². The lowest BCUT2D eigenvalue weighted by Crippen LogP contribution is -2.06. The molecule has 0 aromatic heterocycles. The number of nitrogens with one attached hydrogen (secondary N) is 1. The maximum absolute atomic E-state index is 12.5. The molecule has 1 rings (SSSR count). The topological polar surface area (TPSA) is 35.8 Å². The van der Waals surface area contributed by atoms with Crippen LogP contribution in [0.2, 0.25) is 0 Å². The lowest BCUT2D eigenvalue weighted by atomic mass is 10.0. The molecular formula is C13H13F3N2. The fraction of sp³-hybridized carbons (Fsp3) is 0.308. The van der Waals surface area contributed by atoms with Crippen LogP contribution in [0.15, 0.2) is 24.3 Å². The molecule has 0 aliphatic heterocycles. The predicted octanol–water partition coefficient (Wildman–Crippen LogP) is 3.20. The van der Waals surface area contributed by atoms with Crippen molar-refractivity contribution in [1.29, 1.82) is 5.26 Å². The molecule has 0 amide bonds. The molecule has 0 radical (unpaired) electrons. The zero-order valence-corrected chi connectivity index (χ0v) is 9.88. The summed E-state index contributed by atoms with van der Waals surface area (Å²) in [6.45, 7) is 0.777. The van der Waals surface area contributed by atoms with Gasteiger partial charge in [0.25, 0.3) is 0 Å². The Bertz CT molecular complexity index is 470. The summed E-state index contributed by atoms with van der Waals surface area (Å²) in [6, 6.07) is 4.96. The molecule has 0 fully saturated rings. The Labute approximate surface area is 104 Å². The van der Waals surface area contributed by atoms with E-state index in [1.165, 1.54) is 6.07 Å². The Morgan fingerprint density at radius 3 is 2.67 bits per heavy atom. The average Bonchev–Trinajstić information content (AvgIpc) is 2.33. The van der Waals surface area contributed by atoms with Gasteiger partial charge in [0.05, 0.1) is 17.2 Å². The zero-order chi connectivity index (χ0) is 13.6. The van der Waals surface area contributed by atoms with Gasteiger partial charge in [-0.25, -0.2) is 0 Å². The van der Waals surface area contributed by atoms with Crippen LogP contribution in [0.25, 0.3) is 6.08 Å². The Morgan fingerprint density at radius 1 is 1.39 bits per heavy atom. The highest BCUT2D eigenvalue weighted by atomic mass is 19.4. The predicted molar refractivity (Wildman–Crippen MR) is 63.7 cm³/mol. The smallest absolute Gasteiger partial charge is 0.319 e. The highest BCUT2D eigenvalue weighted by Crippen LogP contribution is 2.30. The van der Waals surface area contributed by atoms with E-state index in [-0.39, 0.29) is 5.56 Å². The van der Waals surface area contributed by atoms with E-state index in [4.69, 9.17) is 5.26 Å². The van der Waals surface area contributed by atoms with Gasteiger partial charge in [-0.1, -0.05) is 18.2 Å². The quantitative estimate of drug-likeness (QED) is 0.837.